The van der Waals surface area contributed by atoms with Crippen LogP contribution in [-0.2, 0) is 0 Å². The summed E-state index contributed by atoms with van der Waals surface area (Å²) < 4.78 is 6.35. The van der Waals surface area contributed by atoms with E-state index in [0.717, 1.165) is 60.7 Å². The molecule has 0 aliphatic carbocycles. The molecule has 3 heterocycles. The monoisotopic (exact) mass is 551 g/mol. The number of fused-ring (bicyclic) bond motifs is 8. The minimum Gasteiger partial charge on any atom is -0.309 e. The van der Waals surface area contributed by atoms with E-state index in [2.05, 4.69) is 100 Å². The first-order valence-electron chi connectivity index (χ1n) is 14.5. The van der Waals surface area contributed by atoms with Gasteiger partial charge in [0.1, 0.15) is 5.52 Å². The Morgan fingerprint density at radius 3 is 1.44 bits per heavy atom. The van der Waals surface area contributed by atoms with E-state index in [1.54, 1.807) is 0 Å². The number of pyridine rings is 1. The number of hydrogen-bond acceptors (Lipinski definition) is 1. The zero-order chi connectivity index (χ0) is 28.5. The first-order chi connectivity index (χ1) is 21.3. The number of nitrogens with zero attached hydrogens (tertiary/aromatic N) is 3. The van der Waals surface area contributed by atoms with Gasteiger partial charge in [-0.05, 0) is 60.7 Å². The van der Waals surface area contributed by atoms with Crippen molar-refractivity contribution in [3.63, 3.8) is 0 Å². The minimum atomic E-state index is -0.0413. The maximum Gasteiger partial charge on any atom is 0.280 e. The zero-order valence-electron chi connectivity index (χ0n) is 23.2. The van der Waals surface area contributed by atoms with Crippen LogP contribution in [0.1, 0.15) is 0 Å². The highest BCUT2D eigenvalue weighted by Crippen LogP contribution is 2.41. The van der Waals surface area contributed by atoms with Crippen LogP contribution in [0.2, 0.25) is 0 Å². The predicted molar refractivity (Wildman–Crippen MR) is 178 cm³/mol. The molecule has 0 bridgehead atoms. The van der Waals surface area contributed by atoms with E-state index in [9.17, 15) is 4.79 Å². The van der Waals surface area contributed by atoms with Gasteiger partial charge in [0.15, 0.2) is 0 Å². The molecular weight excluding hydrogens is 526 g/mol. The lowest BCUT2D eigenvalue weighted by Crippen LogP contribution is -2.21. The van der Waals surface area contributed by atoms with Gasteiger partial charge in [-0.15, -0.1) is 0 Å². The van der Waals surface area contributed by atoms with E-state index < -0.39 is 0 Å². The Balaban J connectivity index is 1.56. The maximum absolute atomic E-state index is 14.8. The lowest BCUT2D eigenvalue weighted by atomic mass is 10.0. The number of benzene rings is 6. The van der Waals surface area contributed by atoms with Gasteiger partial charge < -0.3 is 9.13 Å². The van der Waals surface area contributed by atoms with Crippen LogP contribution in [0.5, 0.6) is 0 Å². The summed E-state index contributed by atoms with van der Waals surface area (Å²) >= 11 is 0. The van der Waals surface area contributed by atoms with Crippen molar-refractivity contribution in [3.05, 3.63) is 162 Å². The molecule has 0 saturated heterocycles. The molecule has 0 atom stereocenters. The third-order valence-electron chi connectivity index (χ3n) is 8.62. The van der Waals surface area contributed by atoms with Gasteiger partial charge >= 0.3 is 0 Å². The van der Waals surface area contributed by atoms with E-state index in [0.29, 0.717) is 5.52 Å². The highest BCUT2D eigenvalue weighted by molar-refractivity contribution is 6.25. The lowest BCUT2D eigenvalue weighted by molar-refractivity contribution is 1.04. The van der Waals surface area contributed by atoms with Crippen LogP contribution in [0.4, 0.5) is 0 Å². The average molecular weight is 552 g/mol. The van der Waals surface area contributed by atoms with Gasteiger partial charge in [-0.1, -0.05) is 91.0 Å². The zero-order valence-corrected chi connectivity index (χ0v) is 23.2. The van der Waals surface area contributed by atoms with E-state index in [1.807, 2.05) is 65.2 Å². The molecule has 4 heteroatoms. The molecule has 0 fully saturated rings. The molecule has 202 valence electrons. The van der Waals surface area contributed by atoms with E-state index in [4.69, 9.17) is 0 Å². The fourth-order valence-electron chi connectivity index (χ4n) is 6.85. The molecule has 0 unspecified atom stereocenters. The summed E-state index contributed by atoms with van der Waals surface area (Å²) in [6.45, 7) is 0. The summed E-state index contributed by atoms with van der Waals surface area (Å²) in [4.78, 5) is 14.8. The van der Waals surface area contributed by atoms with Gasteiger partial charge in [0.25, 0.3) is 5.56 Å². The van der Waals surface area contributed by atoms with Crippen LogP contribution in [0.25, 0.3) is 71.6 Å². The van der Waals surface area contributed by atoms with Crippen molar-refractivity contribution >= 4 is 54.5 Å². The summed E-state index contributed by atoms with van der Waals surface area (Å²) in [6.07, 6.45) is 0. The Morgan fingerprint density at radius 2 is 0.814 bits per heavy atom. The summed E-state index contributed by atoms with van der Waals surface area (Å²) in [6, 6.07) is 52.1. The van der Waals surface area contributed by atoms with Gasteiger partial charge in [0.05, 0.1) is 22.1 Å². The van der Waals surface area contributed by atoms with Crippen LogP contribution in [-0.4, -0.2) is 13.7 Å². The Morgan fingerprint density at radius 1 is 0.349 bits per heavy atom. The number of para-hydroxylation sites is 5. The van der Waals surface area contributed by atoms with Crippen LogP contribution >= 0.6 is 0 Å². The second-order valence-electron chi connectivity index (χ2n) is 11.0. The summed E-state index contributed by atoms with van der Waals surface area (Å²) in [5.41, 5.74) is 7.70. The topological polar surface area (TPSA) is 31.9 Å². The molecule has 0 aliphatic heterocycles. The SMILES string of the molecule is O=c1c2c(c3ccccc3n1-c1ccccc1)c1cc3c4ccccc4n(-c4ccccc4)c3cc1n2-c1ccccc1. The van der Waals surface area contributed by atoms with Gasteiger partial charge in [-0.25, -0.2) is 0 Å². The van der Waals surface area contributed by atoms with Crippen molar-refractivity contribution in [2.45, 2.75) is 0 Å². The summed E-state index contributed by atoms with van der Waals surface area (Å²) in [5, 5.41) is 5.44. The van der Waals surface area contributed by atoms with Crippen molar-refractivity contribution in [2.75, 3.05) is 0 Å². The second kappa shape index (κ2) is 9.07. The normalized spacial score (nSPS) is 11.8. The summed E-state index contributed by atoms with van der Waals surface area (Å²) in [5.74, 6) is 0. The van der Waals surface area contributed by atoms with E-state index in [-0.39, 0.29) is 5.56 Å². The predicted octanol–water partition coefficient (Wildman–Crippen LogP) is 9.18. The number of aromatic nitrogens is 3. The van der Waals surface area contributed by atoms with Crippen LogP contribution in [0.15, 0.2) is 156 Å². The van der Waals surface area contributed by atoms with Crippen LogP contribution in [0.3, 0.4) is 0 Å². The standard InChI is InChI=1S/C39H25N3O/c43-39-38-37(30-21-11-13-23-34(30)42(39)28-18-8-3-9-19-28)32-24-31-29-20-10-12-22-33(29)40(26-14-4-1-5-15-26)35(31)25-36(32)41(38)27-16-6-2-7-17-27/h1-25H. The molecule has 0 saturated carbocycles. The molecule has 43 heavy (non-hydrogen) atoms. The van der Waals surface area contributed by atoms with Gasteiger partial charge in [0.2, 0.25) is 0 Å². The van der Waals surface area contributed by atoms with Crippen LogP contribution in [0, 0.1) is 0 Å². The van der Waals surface area contributed by atoms with Crippen LogP contribution < -0.4 is 5.56 Å². The summed E-state index contributed by atoms with van der Waals surface area (Å²) in [7, 11) is 0. The Kier molecular flexibility index (Phi) is 5.02. The molecule has 0 aliphatic rings. The number of rotatable bonds is 3. The second-order valence-corrected chi connectivity index (χ2v) is 11.0. The molecular formula is C39H25N3O. The largest absolute Gasteiger partial charge is 0.309 e. The lowest BCUT2D eigenvalue weighted by Gasteiger charge is -2.13. The molecule has 6 aromatic carbocycles. The fourth-order valence-corrected chi connectivity index (χ4v) is 6.85. The molecule has 9 aromatic rings. The van der Waals surface area contributed by atoms with Gasteiger partial charge in [-0.2, -0.15) is 0 Å². The van der Waals surface area contributed by atoms with E-state index >= 15 is 0 Å². The Hall–Kier alpha value is -5.87. The Labute approximate surface area is 246 Å². The molecule has 0 N–H and O–H groups in total. The smallest absolute Gasteiger partial charge is 0.280 e. The first-order valence-corrected chi connectivity index (χ1v) is 14.5. The van der Waals surface area contributed by atoms with Crippen molar-refractivity contribution in [3.8, 4) is 17.1 Å². The Bertz CT molecular complexity index is 2560. The molecule has 0 radical (unpaired) electrons. The maximum atomic E-state index is 14.8. The van der Waals surface area contributed by atoms with Crippen molar-refractivity contribution in [1.29, 1.82) is 0 Å². The highest BCUT2D eigenvalue weighted by Gasteiger charge is 2.23. The third-order valence-corrected chi connectivity index (χ3v) is 8.62. The quantitative estimate of drug-likeness (QED) is 0.215. The van der Waals surface area contributed by atoms with Gasteiger partial charge in [-0.3, -0.25) is 9.36 Å². The van der Waals surface area contributed by atoms with Gasteiger partial charge in [0, 0.05) is 44.0 Å². The molecule has 4 nitrogen and oxygen atoms in total. The number of hydrogen-bond donors (Lipinski definition) is 0. The average Bonchev–Trinajstić information content (AvgIpc) is 3.58. The minimum absolute atomic E-state index is 0.0413. The van der Waals surface area contributed by atoms with E-state index in [1.165, 1.54) is 5.39 Å². The third kappa shape index (κ3) is 3.35. The first kappa shape index (κ1) is 23.8. The van der Waals surface area contributed by atoms with Crippen molar-refractivity contribution < 1.29 is 0 Å². The van der Waals surface area contributed by atoms with Crippen molar-refractivity contribution in [1.82, 2.24) is 13.7 Å². The molecule has 0 spiro atoms. The molecule has 9 rings (SSSR count). The van der Waals surface area contributed by atoms with Crippen molar-refractivity contribution in [2.24, 2.45) is 0 Å². The highest BCUT2D eigenvalue weighted by atomic mass is 16.1. The molecule has 3 aromatic heterocycles. The molecule has 0 amide bonds. The fraction of sp³-hybridized carbons (Fsp3) is 0.